The van der Waals surface area contributed by atoms with E-state index in [0.717, 1.165) is 30.7 Å². The van der Waals surface area contributed by atoms with Crippen LogP contribution in [0, 0.1) is 5.92 Å². The Morgan fingerprint density at radius 2 is 2.30 bits per heavy atom. The van der Waals surface area contributed by atoms with Crippen molar-refractivity contribution in [2.24, 2.45) is 11.7 Å². The van der Waals surface area contributed by atoms with Gasteiger partial charge in [-0.2, -0.15) is 0 Å². The summed E-state index contributed by atoms with van der Waals surface area (Å²) in [6, 6.07) is 7.70. The molecular weight excluding hydrogens is 292 g/mol. The van der Waals surface area contributed by atoms with Gasteiger partial charge in [-0.05, 0) is 49.9 Å². The van der Waals surface area contributed by atoms with E-state index in [0.29, 0.717) is 16.7 Å². The molecular formula is C15H21ClN2OS. The molecule has 1 aromatic carbocycles. The largest absolute Gasteiger partial charge is 0.368 e. The number of halogens is 1. The van der Waals surface area contributed by atoms with Gasteiger partial charge in [-0.15, -0.1) is 11.8 Å². The molecule has 0 bridgehead atoms. The Hall–Kier alpha value is -0.710. The smallest absolute Gasteiger partial charge is 0.238 e. The molecule has 1 fully saturated rings. The maximum atomic E-state index is 12.0. The third kappa shape index (κ3) is 3.68. The van der Waals surface area contributed by atoms with Crippen LogP contribution in [0.4, 0.5) is 0 Å². The maximum Gasteiger partial charge on any atom is 0.238 e. The Morgan fingerprint density at radius 3 is 2.85 bits per heavy atom. The zero-order valence-corrected chi connectivity index (χ0v) is 13.3. The number of nitrogens with two attached hydrogens (primary N) is 1. The average Bonchev–Trinajstić information content (AvgIpc) is 3.24. The summed E-state index contributed by atoms with van der Waals surface area (Å²) in [7, 11) is 0. The number of hydrogen-bond donors (Lipinski definition) is 2. The van der Waals surface area contributed by atoms with E-state index in [1.165, 1.54) is 0 Å². The fraction of sp³-hybridized carbons (Fsp3) is 0.533. The topological polar surface area (TPSA) is 55.1 Å². The van der Waals surface area contributed by atoms with E-state index in [9.17, 15) is 4.79 Å². The van der Waals surface area contributed by atoms with Crippen molar-refractivity contribution in [3.05, 3.63) is 29.3 Å². The highest BCUT2D eigenvalue weighted by molar-refractivity contribution is 7.99. The Balaban J connectivity index is 2.09. The molecule has 20 heavy (non-hydrogen) atoms. The lowest BCUT2D eigenvalue weighted by Crippen LogP contribution is -2.59. The number of rotatable bonds is 8. The molecule has 110 valence electrons. The van der Waals surface area contributed by atoms with Gasteiger partial charge >= 0.3 is 0 Å². The summed E-state index contributed by atoms with van der Waals surface area (Å²) in [5.74, 6) is 0.800. The zero-order chi connectivity index (χ0) is 14.6. The van der Waals surface area contributed by atoms with Crippen LogP contribution in [0.1, 0.15) is 26.2 Å². The van der Waals surface area contributed by atoms with Crippen molar-refractivity contribution in [1.29, 1.82) is 0 Å². The van der Waals surface area contributed by atoms with Crippen molar-refractivity contribution in [3.63, 3.8) is 0 Å². The highest BCUT2D eigenvalue weighted by atomic mass is 35.5. The molecule has 3 N–H and O–H groups in total. The standard InChI is InChI=1S/C15H21ClN2OS/c1-2-8-18-15(14(17)19,11-6-7-11)10-20-13-5-3-4-12(16)9-13/h3-5,9,11,18H,2,6-8,10H2,1H3,(H2,17,19). The molecule has 1 unspecified atom stereocenters. The normalized spacial score (nSPS) is 17.7. The van der Waals surface area contributed by atoms with Crippen molar-refractivity contribution >= 4 is 29.3 Å². The van der Waals surface area contributed by atoms with Gasteiger partial charge in [0.2, 0.25) is 5.91 Å². The molecule has 1 aliphatic carbocycles. The number of nitrogens with one attached hydrogen (secondary N) is 1. The minimum Gasteiger partial charge on any atom is -0.368 e. The second-order valence-electron chi connectivity index (χ2n) is 5.28. The van der Waals surface area contributed by atoms with E-state index in [1.54, 1.807) is 11.8 Å². The van der Waals surface area contributed by atoms with Crippen LogP contribution in [0.2, 0.25) is 5.02 Å². The summed E-state index contributed by atoms with van der Waals surface area (Å²) in [5.41, 5.74) is 5.13. The molecule has 0 heterocycles. The van der Waals surface area contributed by atoms with Gasteiger partial charge in [-0.25, -0.2) is 0 Å². The van der Waals surface area contributed by atoms with Crippen molar-refractivity contribution < 1.29 is 4.79 Å². The molecule has 3 nitrogen and oxygen atoms in total. The lowest BCUT2D eigenvalue weighted by atomic mass is 9.94. The zero-order valence-electron chi connectivity index (χ0n) is 11.7. The Bertz CT molecular complexity index is 479. The van der Waals surface area contributed by atoms with E-state index >= 15 is 0 Å². The summed E-state index contributed by atoms with van der Waals surface area (Å²) >= 11 is 7.64. The van der Waals surface area contributed by atoms with Gasteiger partial charge in [-0.3, -0.25) is 4.79 Å². The first-order valence-electron chi connectivity index (χ1n) is 7.02. The van der Waals surface area contributed by atoms with Crippen molar-refractivity contribution in [2.45, 2.75) is 36.6 Å². The number of thioether (sulfide) groups is 1. The summed E-state index contributed by atoms with van der Waals surface area (Å²) in [5, 5.41) is 4.12. The Kier molecular flexibility index (Phi) is 5.35. The van der Waals surface area contributed by atoms with Gasteiger partial charge in [-0.1, -0.05) is 24.6 Å². The third-order valence-electron chi connectivity index (χ3n) is 3.67. The summed E-state index contributed by atoms with van der Waals surface area (Å²) in [6.07, 6.45) is 3.15. The fourth-order valence-corrected chi connectivity index (χ4v) is 3.87. The number of carbonyl (C=O) groups excluding carboxylic acids is 1. The van der Waals surface area contributed by atoms with Crippen LogP contribution in [0.5, 0.6) is 0 Å². The van der Waals surface area contributed by atoms with Crippen molar-refractivity contribution in [1.82, 2.24) is 5.32 Å². The van der Waals surface area contributed by atoms with Gasteiger partial charge in [0.15, 0.2) is 0 Å². The number of hydrogen-bond acceptors (Lipinski definition) is 3. The molecule has 1 amide bonds. The highest BCUT2D eigenvalue weighted by Crippen LogP contribution is 2.42. The van der Waals surface area contributed by atoms with Crippen LogP contribution in [0.3, 0.4) is 0 Å². The molecule has 1 atom stereocenters. The fourth-order valence-electron chi connectivity index (χ4n) is 2.35. The number of amides is 1. The quantitative estimate of drug-likeness (QED) is 0.725. The molecule has 2 rings (SSSR count). The molecule has 0 aliphatic heterocycles. The van der Waals surface area contributed by atoms with Gasteiger partial charge < -0.3 is 11.1 Å². The molecule has 0 aromatic heterocycles. The monoisotopic (exact) mass is 312 g/mol. The van der Waals surface area contributed by atoms with Crippen LogP contribution in [-0.4, -0.2) is 23.7 Å². The van der Waals surface area contributed by atoms with E-state index in [4.69, 9.17) is 17.3 Å². The van der Waals surface area contributed by atoms with Gasteiger partial charge in [0.1, 0.15) is 5.54 Å². The molecule has 1 saturated carbocycles. The first-order chi connectivity index (χ1) is 9.58. The number of carbonyl (C=O) groups is 1. The first-order valence-corrected chi connectivity index (χ1v) is 8.38. The Labute approximate surface area is 129 Å². The van der Waals surface area contributed by atoms with Crippen LogP contribution in [0.15, 0.2) is 29.2 Å². The molecule has 0 saturated heterocycles. The van der Waals surface area contributed by atoms with Crippen molar-refractivity contribution in [2.75, 3.05) is 12.3 Å². The van der Waals surface area contributed by atoms with Gasteiger partial charge in [0.25, 0.3) is 0 Å². The predicted molar refractivity (Wildman–Crippen MR) is 85.1 cm³/mol. The first kappa shape index (κ1) is 15.7. The molecule has 0 spiro atoms. The predicted octanol–water partition coefficient (Wildman–Crippen LogP) is 3.07. The second-order valence-corrected chi connectivity index (χ2v) is 6.77. The maximum absolute atomic E-state index is 12.0. The van der Waals surface area contributed by atoms with E-state index in [2.05, 4.69) is 12.2 Å². The van der Waals surface area contributed by atoms with Crippen LogP contribution in [0.25, 0.3) is 0 Å². The second kappa shape index (κ2) is 6.83. The van der Waals surface area contributed by atoms with Gasteiger partial charge in [0.05, 0.1) is 0 Å². The summed E-state index contributed by atoms with van der Waals surface area (Å²) in [6.45, 7) is 2.91. The lowest BCUT2D eigenvalue weighted by Gasteiger charge is -2.31. The lowest BCUT2D eigenvalue weighted by molar-refractivity contribution is -0.124. The number of primary amides is 1. The summed E-state index contributed by atoms with van der Waals surface area (Å²) < 4.78 is 0. The minimum atomic E-state index is -0.580. The van der Waals surface area contributed by atoms with Crippen molar-refractivity contribution in [3.8, 4) is 0 Å². The number of benzene rings is 1. The van der Waals surface area contributed by atoms with E-state index < -0.39 is 5.54 Å². The Morgan fingerprint density at radius 1 is 1.55 bits per heavy atom. The van der Waals surface area contributed by atoms with Crippen LogP contribution >= 0.6 is 23.4 Å². The highest BCUT2D eigenvalue weighted by Gasteiger charge is 2.49. The molecule has 1 aromatic rings. The molecule has 1 aliphatic rings. The minimum absolute atomic E-state index is 0.233. The van der Waals surface area contributed by atoms with E-state index in [1.807, 2.05) is 24.3 Å². The van der Waals surface area contributed by atoms with E-state index in [-0.39, 0.29) is 5.91 Å². The van der Waals surface area contributed by atoms with Crippen LogP contribution in [-0.2, 0) is 4.79 Å². The van der Waals surface area contributed by atoms with Crippen LogP contribution < -0.4 is 11.1 Å². The van der Waals surface area contributed by atoms with Gasteiger partial charge in [0, 0.05) is 15.7 Å². The molecule has 0 radical (unpaired) electrons. The SMILES string of the molecule is CCCNC(CSc1cccc(Cl)c1)(C(N)=O)C1CC1. The average molecular weight is 313 g/mol. The summed E-state index contributed by atoms with van der Waals surface area (Å²) in [4.78, 5) is 13.1. The third-order valence-corrected chi connectivity index (χ3v) is 5.09. The molecule has 5 heteroatoms.